The second-order valence-electron chi connectivity index (χ2n) is 4.31. The summed E-state index contributed by atoms with van der Waals surface area (Å²) in [5, 5.41) is 9.20. The third-order valence-electron chi connectivity index (χ3n) is 2.68. The monoisotopic (exact) mass is 326 g/mol. The molecule has 0 unspecified atom stereocenters. The lowest BCUT2D eigenvalue weighted by Crippen LogP contribution is -2.29. The Balaban J connectivity index is 1.64. The fourth-order valence-electron chi connectivity index (χ4n) is 1.53. The first-order valence-electron chi connectivity index (χ1n) is 6.45. The molecule has 0 bridgehead atoms. The van der Waals surface area contributed by atoms with E-state index < -0.39 is 0 Å². The van der Waals surface area contributed by atoms with E-state index in [1.54, 1.807) is 7.05 Å². The summed E-state index contributed by atoms with van der Waals surface area (Å²) in [6.45, 7) is 0.610. The number of hydrogen-bond acceptors (Lipinski definition) is 5. The molecule has 0 atom stereocenters. The number of thioether (sulfide) groups is 1. The Bertz CT molecular complexity index is 683. The molecule has 0 aliphatic carbocycles. The molecule has 0 saturated carbocycles. The summed E-state index contributed by atoms with van der Waals surface area (Å²) in [4.78, 5) is 22.8. The molecule has 1 aromatic carbocycles. The molecule has 0 fully saturated rings. The number of halogens is 1. The van der Waals surface area contributed by atoms with Gasteiger partial charge in [0.25, 0.3) is 0 Å². The second kappa shape index (κ2) is 7.64. The van der Waals surface area contributed by atoms with Crippen LogP contribution >= 0.6 is 11.8 Å². The molecule has 2 rings (SSSR count). The van der Waals surface area contributed by atoms with E-state index in [1.807, 2.05) is 0 Å². The smallest absolute Gasteiger partial charge is 0.343 e. The summed E-state index contributed by atoms with van der Waals surface area (Å²) in [7, 11) is 1.57. The molecule has 2 aromatic rings. The van der Waals surface area contributed by atoms with Crippen molar-refractivity contribution in [2.75, 3.05) is 18.9 Å². The van der Waals surface area contributed by atoms with Crippen molar-refractivity contribution >= 4 is 17.7 Å². The first-order chi connectivity index (χ1) is 10.6. The standard InChI is InChI=1S/C13H15FN4O3S/c1-18-12(20)16-17-13(18)22-8-11(19)15-6-7-21-10-4-2-9(14)3-5-10/h2-5H,6-8H2,1H3,(H,15,19)(H,16,20). The summed E-state index contributed by atoms with van der Waals surface area (Å²) in [6.07, 6.45) is 0. The minimum absolute atomic E-state index is 0.148. The van der Waals surface area contributed by atoms with Gasteiger partial charge in [0.1, 0.15) is 18.2 Å². The van der Waals surface area contributed by atoms with Gasteiger partial charge in [0.15, 0.2) is 5.16 Å². The molecule has 1 heterocycles. The zero-order valence-corrected chi connectivity index (χ0v) is 12.7. The van der Waals surface area contributed by atoms with Crippen molar-refractivity contribution in [2.45, 2.75) is 5.16 Å². The lowest BCUT2D eigenvalue weighted by molar-refractivity contribution is -0.118. The number of rotatable bonds is 7. The van der Waals surface area contributed by atoms with Crippen molar-refractivity contribution in [3.05, 3.63) is 40.6 Å². The number of carbonyl (C=O) groups excluding carboxylic acids is 1. The lowest BCUT2D eigenvalue weighted by atomic mass is 10.3. The van der Waals surface area contributed by atoms with Crippen LogP contribution in [0.4, 0.5) is 4.39 Å². The Kier molecular flexibility index (Phi) is 5.59. The summed E-state index contributed by atoms with van der Waals surface area (Å²) in [6, 6.07) is 5.65. The van der Waals surface area contributed by atoms with E-state index in [0.29, 0.717) is 17.5 Å². The van der Waals surface area contributed by atoms with Crippen LogP contribution in [0.5, 0.6) is 5.75 Å². The van der Waals surface area contributed by atoms with Crippen molar-refractivity contribution < 1.29 is 13.9 Å². The predicted molar refractivity (Wildman–Crippen MR) is 79.5 cm³/mol. The van der Waals surface area contributed by atoms with E-state index in [1.165, 1.54) is 28.8 Å². The van der Waals surface area contributed by atoms with Crippen LogP contribution in [-0.4, -0.2) is 39.6 Å². The van der Waals surface area contributed by atoms with Gasteiger partial charge in [0.05, 0.1) is 12.3 Å². The molecule has 9 heteroatoms. The highest BCUT2D eigenvalue weighted by Gasteiger charge is 2.08. The van der Waals surface area contributed by atoms with Crippen molar-refractivity contribution in [1.82, 2.24) is 20.1 Å². The number of ether oxygens (including phenoxy) is 1. The first kappa shape index (κ1) is 16.1. The summed E-state index contributed by atoms with van der Waals surface area (Å²) >= 11 is 1.16. The molecule has 118 valence electrons. The highest BCUT2D eigenvalue weighted by molar-refractivity contribution is 7.99. The minimum atomic E-state index is -0.328. The zero-order valence-electron chi connectivity index (χ0n) is 11.8. The average molecular weight is 326 g/mol. The maximum absolute atomic E-state index is 12.7. The second-order valence-corrected chi connectivity index (χ2v) is 5.25. The van der Waals surface area contributed by atoms with Gasteiger partial charge in [-0.2, -0.15) is 0 Å². The number of aromatic nitrogens is 3. The highest BCUT2D eigenvalue weighted by atomic mass is 32.2. The molecule has 0 spiro atoms. The van der Waals surface area contributed by atoms with E-state index in [4.69, 9.17) is 4.74 Å². The molecule has 0 aliphatic rings. The maximum atomic E-state index is 12.7. The molecule has 22 heavy (non-hydrogen) atoms. The summed E-state index contributed by atoms with van der Waals surface area (Å²) in [5.41, 5.74) is -0.324. The van der Waals surface area contributed by atoms with Gasteiger partial charge in [-0.05, 0) is 24.3 Å². The van der Waals surface area contributed by atoms with Gasteiger partial charge in [-0.3, -0.25) is 9.36 Å². The third-order valence-corrected chi connectivity index (χ3v) is 3.71. The Labute approximate surface area is 129 Å². The van der Waals surface area contributed by atoms with Crippen LogP contribution in [0.25, 0.3) is 0 Å². The molecule has 1 amide bonds. The van der Waals surface area contributed by atoms with Crippen molar-refractivity contribution in [2.24, 2.45) is 7.05 Å². The van der Waals surface area contributed by atoms with E-state index in [9.17, 15) is 14.0 Å². The van der Waals surface area contributed by atoms with Gasteiger partial charge >= 0.3 is 5.69 Å². The summed E-state index contributed by atoms with van der Waals surface area (Å²) < 4.78 is 19.4. The maximum Gasteiger partial charge on any atom is 0.343 e. The largest absolute Gasteiger partial charge is 0.492 e. The van der Waals surface area contributed by atoms with Gasteiger partial charge < -0.3 is 10.1 Å². The number of nitrogens with one attached hydrogen (secondary N) is 2. The molecule has 2 N–H and O–H groups in total. The highest BCUT2D eigenvalue weighted by Crippen LogP contribution is 2.11. The van der Waals surface area contributed by atoms with Crippen molar-refractivity contribution in [3.8, 4) is 5.75 Å². The molecule has 7 nitrogen and oxygen atoms in total. The van der Waals surface area contributed by atoms with E-state index in [2.05, 4.69) is 15.5 Å². The van der Waals surface area contributed by atoms with Gasteiger partial charge in [0, 0.05) is 7.05 Å². The fraction of sp³-hybridized carbons (Fsp3) is 0.308. The van der Waals surface area contributed by atoms with Crippen LogP contribution in [0.3, 0.4) is 0 Å². The molecule has 0 aliphatic heterocycles. The summed E-state index contributed by atoms with van der Waals surface area (Å²) in [5.74, 6) is 0.166. The number of benzene rings is 1. The van der Waals surface area contributed by atoms with Gasteiger partial charge in [-0.1, -0.05) is 11.8 Å². The van der Waals surface area contributed by atoms with Gasteiger partial charge in [-0.25, -0.2) is 14.3 Å². The van der Waals surface area contributed by atoms with Crippen LogP contribution in [0, 0.1) is 5.82 Å². The molecular weight excluding hydrogens is 311 g/mol. The van der Waals surface area contributed by atoms with E-state index in [-0.39, 0.29) is 29.8 Å². The van der Waals surface area contributed by atoms with Crippen LogP contribution < -0.4 is 15.7 Å². The SMILES string of the molecule is Cn1c(SCC(=O)NCCOc2ccc(F)cc2)n[nH]c1=O. The van der Waals surface area contributed by atoms with Gasteiger partial charge in [0.2, 0.25) is 5.91 Å². The van der Waals surface area contributed by atoms with Gasteiger partial charge in [-0.15, -0.1) is 5.10 Å². The zero-order chi connectivity index (χ0) is 15.9. The first-order valence-corrected chi connectivity index (χ1v) is 7.44. The lowest BCUT2D eigenvalue weighted by Gasteiger charge is -2.07. The molecule has 0 saturated heterocycles. The quantitative estimate of drug-likeness (QED) is 0.572. The van der Waals surface area contributed by atoms with Crippen LogP contribution in [0.2, 0.25) is 0 Å². The normalized spacial score (nSPS) is 10.5. The molecule has 0 radical (unpaired) electrons. The number of aromatic amines is 1. The number of H-pyrrole nitrogens is 1. The van der Waals surface area contributed by atoms with Crippen molar-refractivity contribution in [1.29, 1.82) is 0 Å². The Hall–Kier alpha value is -2.29. The molecular formula is C13H15FN4O3S. The number of amides is 1. The fourth-order valence-corrected chi connectivity index (χ4v) is 2.28. The Morgan fingerprint density at radius 1 is 1.45 bits per heavy atom. The number of nitrogens with zero attached hydrogens (tertiary/aromatic N) is 2. The number of hydrogen-bond donors (Lipinski definition) is 2. The minimum Gasteiger partial charge on any atom is -0.492 e. The van der Waals surface area contributed by atoms with E-state index in [0.717, 1.165) is 11.8 Å². The number of carbonyl (C=O) groups is 1. The average Bonchev–Trinajstić information content (AvgIpc) is 2.83. The van der Waals surface area contributed by atoms with E-state index >= 15 is 0 Å². The Morgan fingerprint density at radius 3 is 2.82 bits per heavy atom. The topological polar surface area (TPSA) is 89.0 Å². The third kappa shape index (κ3) is 4.62. The molecule has 1 aromatic heterocycles. The van der Waals surface area contributed by atoms with Crippen LogP contribution in [0.15, 0.2) is 34.2 Å². The predicted octanol–water partition coefficient (Wildman–Crippen LogP) is 0.535. The van der Waals surface area contributed by atoms with Crippen molar-refractivity contribution in [3.63, 3.8) is 0 Å². The Morgan fingerprint density at radius 2 is 2.18 bits per heavy atom. The van der Waals surface area contributed by atoms with Crippen LogP contribution in [0.1, 0.15) is 0 Å². The van der Waals surface area contributed by atoms with Crippen LogP contribution in [-0.2, 0) is 11.8 Å².